The highest BCUT2D eigenvalue weighted by Gasteiger charge is 2.15. The molecular weight excluding hydrogens is 298 g/mol. The summed E-state index contributed by atoms with van der Waals surface area (Å²) in [6, 6.07) is 0. The number of aryl methyl sites for hydroxylation is 2. The van der Waals surface area contributed by atoms with Crippen molar-refractivity contribution in [3.05, 3.63) is 22.3 Å². The fourth-order valence-corrected chi connectivity index (χ4v) is 3.41. The summed E-state index contributed by atoms with van der Waals surface area (Å²) in [5.41, 5.74) is 0.541. The molecule has 0 atom stereocenters. The van der Waals surface area contributed by atoms with Gasteiger partial charge in [-0.05, 0) is 13.3 Å². The highest BCUT2D eigenvalue weighted by atomic mass is 32.2. The molecule has 0 radical (unpaired) electrons. The van der Waals surface area contributed by atoms with Gasteiger partial charge in [0, 0.05) is 6.42 Å². The molecule has 0 fully saturated rings. The summed E-state index contributed by atoms with van der Waals surface area (Å²) >= 11 is 2.58. The van der Waals surface area contributed by atoms with Gasteiger partial charge >= 0.3 is 5.97 Å². The Morgan fingerprint density at radius 2 is 2.25 bits per heavy atom. The molecule has 0 spiro atoms. The zero-order valence-corrected chi connectivity index (χ0v) is 12.9. The summed E-state index contributed by atoms with van der Waals surface area (Å²) < 4.78 is 5.85. The first-order valence-electron chi connectivity index (χ1n) is 6.25. The molecule has 0 amide bonds. The second-order valence-electron chi connectivity index (χ2n) is 4.20. The highest BCUT2D eigenvalue weighted by molar-refractivity contribution is 8.00. The van der Waals surface area contributed by atoms with Gasteiger partial charge in [0.25, 0.3) is 0 Å². The third-order valence-electron chi connectivity index (χ3n) is 2.55. The number of carboxylic acids is 1. The first-order valence-corrected chi connectivity index (χ1v) is 8.05. The summed E-state index contributed by atoms with van der Waals surface area (Å²) in [4.78, 5) is 19.7. The Kier molecular flexibility index (Phi) is 5.13. The summed E-state index contributed by atoms with van der Waals surface area (Å²) in [7, 11) is 0. The van der Waals surface area contributed by atoms with Gasteiger partial charge < -0.3 is 9.63 Å². The van der Waals surface area contributed by atoms with E-state index in [4.69, 9.17) is 9.63 Å². The summed E-state index contributed by atoms with van der Waals surface area (Å²) in [6.07, 6.45) is 2.96. The number of aromatic nitrogens is 3. The Morgan fingerprint density at radius 1 is 1.45 bits per heavy atom. The lowest BCUT2D eigenvalue weighted by Gasteiger charge is -1.90. The number of thioether (sulfide) groups is 1. The number of nitrogens with zero attached hydrogens (tertiary/aromatic N) is 3. The molecule has 2 aromatic rings. The van der Waals surface area contributed by atoms with Gasteiger partial charge in [0.1, 0.15) is 4.88 Å². The molecule has 0 saturated carbocycles. The predicted octanol–water partition coefficient (Wildman–Crippen LogP) is 3.17. The van der Waals surface area contributed by atoms with Crippen LogP contribution >= 0.6 is 23.1 Å². The molecule has 0 aliphatic carbocycles. The minimum Gasteiger partial charge on any atom is -0.477 e. The maximum atomic E-state index is 10.9. The largest absolute Gasteiger partial charge is 0.477 e. The molecule has 2 heterocycles. The number of hydrogen-bond donors (Lipinski definition) is 1. The smallest absolute Gasteiger partial charge is 0.347 e. The van der Waals surface area contributed by atoms with Gasteiger partial charge in [0.15, 0.2) is 10.2 Å². The Hall–Kier alpha value is -1.41. The minimum atomic E-state index is -0.938. The first-order chi connectivity index (χ1) is 9.60. The van der Waals surface area contributed by atoms with Crippen LogP contribution in [0, 0.1) is 6.92 Å². The number of hydrogen-bond acceptors (Lipinski definition) is 7. The molecule has 0 aliphatic heterocycles. The van der Waals surface area contributed by atoms with Crippen LogP contribution in [0.5, 0.6) is 0 Å². The molecule has 0 aliphatic rings. The zero-order chi connectivity index (χ0) is 14.5. The van der Waals surface area contributed by atoms with Crippen LogP contribution in [0.4, 0.5) is 0 Å². The maximum Gasteiger partial charge on any atom is 0.347 e. The van der Waals surface area contributed by atoms with Crippen LogP contribution in [-0.2, 0) is 12.2 Å². The molecule has 0 bridgehead atoms. The molecule has 20 heavy (non-hydrogen) atoms. The van der Waals surface area contributed by atoms with E-state index in [2.05, 4.69) is 22.0 Å². The van der Waals surface area contributed by atoms with Crippen LogP contribution in [0.3, 0.4) is 0 Å². The normalized spacial score (nSPS) is 10.9. The Bertz CT molecular complexity index is 595. The second-order valence-corrected chi connectivity index (χ2v) is 6.42. The van der Waals surface area contributed by atoms with E-state index in [9.17, 15) is 4.79 Å². The van der Waals surface area contributed by atoms with Gasteiger partial charge in [-0.3, -0.25) is 0 Å². The summed E-state index contributed by atoms with van der Waals surface area (Å²) in [6.45, 7) is 3.81. The van der Waals surface area contributed by atoms with E-state index in [1.165, 1.54) is 23.1 Å². The molecule has 0 saturated heterocycles. The lowest BCUT2D eigenvalue weighted by molar-refractivity contribution is 0.0701. The quantitative estimate of drug-likeness (QED) is 0.785. The van der Waals surface area contributed by atoms with Crippen molar-refractivity contribution in [1.29, 1.82) is 0 Å². The molecular formula is C12H15N3O3S2. The third-order valence-corrected chi connectivity index (χ3v) is 4.83. The third kappa shape index (κ3) is 3.80. The van der Waals surface area contributed by atoms with Gasteiger partial charge in [-0.2, -0.15) is 4.98 Å². The number of rotatable bonds is 7. The van der Waals surface area contributed by atoms with Crippen molar-refractivity contribution in [2.45, 2.75) is 43.2 Å². The molecule has 108 valence electrons. The lowest BCUT2D eigenvalue weighted by atomic mass is 10.2. The van der Waals surface area contributed by atoms with E-state index >= 15 is 0 Å². The van der Waals surface area contributed by atoms with Gasteiger partial charge in [-0.1, -0.05) is 30.3 Å². The monoisotopic (exact) mass is 313 g/mol. The summed E-state index contributed by atoms with van der Waals surface area (Å²) in [5, 5.41) is 12.9. The van der Waals surface area contributed by atoms with Crippen LogP contribution in [0.2, 0.25) is 0 Å². The lowest BCUT2D eigenvalue weighted by Crippen LogP contribution is -1.94. The van der Waals surface area contributed by atoms with Crippen molar-refractivity contribution < 1.29 is 14.4 Å². The van der Waals surface area contributed by atoms with Crippen molar-refractivity contribution >= 4 is 29.1 Å². The molecule has 1 N–H and O–H groups in total. The number of aromatic carboxylic acids is 1. The van der Waals surface area contributed by atoms with Crippen molar-refractivity contribution in [2.24, 2.45) is 0 Å². The summed E-state index contributed by atoms with van der Waals surface area (Å²) in [5.74, 6) is 0.840. The van der Waals surface area contributed by atoms with Crippen molar-refractivity contribution in [3.8, 4) is 0 Å². The highest BCUT2D eigenvalue weighted by Crippen LogP contribution is 2.29. The van der Waals surface area contributed by atoms with Crippen LogP contribution in [0.15, 0.2) is 8.86 Å². The zero-order valence-electron chi connectivity index (χ0n) is 11.3. The maximum absolute atomic E-state index is 10.9. The Morgan fingerprint density at radius 3 is 2.90 bits per heavy atom. The molecule has 2 aromatic heterocycles. The number of carbonyl (C=O) groups is 1. The molecule has 0 aromatic carbocycles. The van der Waals surface area contributed by atoms with Gasteiger partial charge in [0.2, 0.25) is 5.89 Å². The second kappa shape index (κ2) is 6.85. The average molecular weight is 313 g/mol. The van der Waals surface area contributed by atoms with E-state index in [1.807, 2.05) is 0 Å². The number of carboxylic acid groups (broad SMARTS) is 1. The van der Waals surface area contributed by atoms with E-state index in [1.54, 1.807) is 6.92 Å². The fourth-order valence-electron chi connectivity index (χ4n) is 1.54. The number of thiazole rings is 1. The molecule has 6 nitrogen and oxygen atoms in total. The van der Waals surface area contributed by atoms with E-state index in [0.717, 1.165) is 25.1 Å². The number of unbranched alkanes of at least 4 members (excludes halogenated alkanes) is 1. The van der Waals surface area contributed by atoms with E-state index in [0.29, 0.717) is 21.7 Å². The Balaban J connectivity index is 1.93. The Labute approximate surface area is 124 Å². The molecule has 8 heteroatoms. The van der Waals surface area contributed by atoms with Crippen molar-refractivity contribution in [2.75, 3.05) is 0 Å². The van der Waals surface area contributed by atoms with Crippen LogP contribution < -0.4 is 0 Å². The average Bonchev–Trinajstić information content (AvgIpc) is 3.00. The predicted molar refractivity (Wildman–Crippen MR) is 76.3 cm³/mol. The molecule has 0 unspecified atom stereocenters. The molecule has 2 rings (SSSR count). The van der Waals surface area contributed by atoms with Gasteiger partial charge in [-0.15, -0.1) is 11.3 Å². The van der Waals surface area contributed by atoms with Crippen molar-refractivity contribution in [3.63, 3.8) is 0 Å². The van der Waals surface area contributed by atoms with E-state index in [-0.39, 0.29) is 4.88 Å². The SMILES string of the molecule is CCCCc1noc(CSc2nc(C)c(C(=O)O)s2)n1. The first kappa shape index (κ1) is 15.0. The van der Waals surface area contributed by atoms with E-state index < -0.39 is 5.97 Å². The minimum absolute atomic E-state index is 0.279. The van der Waals surface area contributed by atoms with Crippen LogP contribution in [0.1, 0.15) is 46.8 Å². The van der Waals surface area contributed by atoms with Crippen molar-refractivity contribution in [1.82, 2.24) is 15.1 Å². The topological polar surface area (TPSA) is 89.1 Å². The standard InChI is InChI=1S/C12H15N3O3S2/c1-3-4-5-8-14-9(18-15-8)6-19-12-13-7(2)10(20-12)11(16)17/h3-6H2,1-2H3,(H,16,17). The fraction of sp³-hybridized carbons (Fsp3) is 0.500. The van der Waals surface area contributed by atoms with Crippen LogP contribution in [0.25, 0.3) is 0 Å². The van der Waals surface area contributed by atoms with Crippen LogP contribution in [-0.4, -0.2) is 26.2 Å². The van der Waals surface area contributed by atoms with Gasteiger partial charge in [-0.25, -0.2) is 9.78 Å². The van der Waals surface area contributed by atoms with Gasteiger partial charge in [0.05, 0.1) is 11.4 Å².